The van der Waals surface area contributed by atoms with E-state index in [0.717, 1.165) is 12.1 Å². The van der Waals surface area contributed by atoms with E-state index in [0.29, 0.717) is 0 Å². The fourth-order valence-electron chi connectivity index (χ4n) is 1.64. The van der Waals surface area contributed by atoms with Crippen LogP contribution in [0, 0.1) is 5.92 Å². The highest BCUT2D eigenvalue weighted by Crippen LogP contribution is 2.34. The largest absolute Gasteiger partial charge is 0.548 e. The highest BCUT2D eigenvalue weighted by Gasteiger charge is 2.33. The SMILES string of the molecule is CC(C)[C@H](NC(=O)Nc1ccccc1C(F)(F)F)C(=O)[O-]. The van der Waals surface area contributed by atoms with Crippen molar-refractivity contribution in [1.82, 2.24) is 5.32 Å². The molecule has 1 aromatic rings. The molecule has 1 rings (SSSR count). The van der Waals surface area contributed by atoms with E-state index in [4.69, 9.17) is 0 Å². The Morgan fingerprint density at radius 2 is 1.76 bits per heavy atom. The highest BCUT2D eigenvalue weighted by atomic mass is 19.4. The van der Waals surface area contributed by atoms with Crippen molar-refractivity contribution in [3.8, 4) is 0 Å². The lowest BCUT2D eigenvalue weighted by atomic mass is 10.1. The standard InChI is InChI=1S/C13H15F3N2O3/c1-7(2)10(11(19)20)18-12(21)17-9-6-4-3-5-8(9)13(14,15)16/h3-7,10H,1-2H3,(H,19,20)(H2,17,18,21)/p-1/t10-/m0/s1. The summed E-state index contributed by atoms with van der Waals surface area (Å²) in [5.74, 6) is -1.98. The molecule has 2 amide bonds. The third kappa shape index (κ3) is 4.66. The molecule has 116 valence electrons. The summed E-state index contributed by atoms with van der Waals surface area (Å²) in [5, 5.41) is 14.9. The van der Waals surface area contributed by atoms with Crippen LogP contribution in [-0.2, 0) is 11.0 Å². The molecule has 0 fully saturated rings. The van der Waals surface area contributed by atoms with Gasteiger partial charge in [-0.3, -0.25) is 0 Å². The zero-order chi connectivity index (χ0) is 16.2. The first-order valence-corrected chi connectivity index (χ1v) is 6.07. The fraction of sp³-hybridized carbons (Fsp3) is 0.385. The third-order valence-corrected chi connectivity index (χ3v) is 2.69. The van der Waals surface area contributed by atoms with Gasteiger partial charge in [-0.25, -0.2) is 4.79 Å². The van der Waals surface area contributed by atoms with Crippen molar-refractivity contribution < 1.29 is 27.9 Å². The van der Waals surface area contributed by atoms with Crippen LogP contribution >= 0.6 is 0 Å². The van der Waals surface area contributed by atoms with E-state index < -0.39 is 41.4 Å². The molecule has 0 spiro atoms. The fourth-order valence-corrected chi connectivity index (χ4v) is 1.64. The lowest BCUT2D eigenvalue weighted by Crippen LogP contribution is -2.52. The molecule has 1 atom stereocenters. The molecule has 0 bridgehead atoms. The van der Waals surface area contributed by atoms with Crippen molar-refractivity contribution in [3.63, 3.8) is 0 Å². The number of hydrogen-bond acceptors (Lipinski definition) is 3. The molecule has 0 heterocycles. The number of hydrogen-bond donors (Lipinski definition) is 2. The molecule has 2 N–H and O–H groups in total. The van der Waals surface area contributed by atoms with Crippen LogP contribution < -0.4 is 15.7 Å². The molecule has 0 saturated heterocycles. The molecule has 8 heteroatoms. The monoisotopic (exact) mass is 303 g/mol. The minimum absolute atomic E-state index is 0.455. The van der Waals surface area contributed by atoms with E-state index in [2.05, 4.69) is 5.32 Å². The first kappa shape index (κ1) is 16.8. The summed E-state index contributed by atoms with van der Waals surface area (Å²) in [6.07, 6.45) is -4.63. The number of carboxylic acids is 1. The van der Waals surface area contributed by atoms with Gasteiger partial charge in [0.05, 0.1) is 23.3 Å². The minimum atomic E-state index is -4.63. The summed E-state index contributed by atoms with van der Waals surface area (Å²) < 4.78 is 38.2. The van der Waals surface area contributed by atoms with Gasteiger partial charge in [0.2, 0.25) is 0 Å². The summed E-state index contributed by atoms with van der Waals surface area (Å²) in [4.78, 5) is 22.5. The molecule has 21 heavy (non-hydrogen) atoms. The van der Waals surface area contributed by atoms with Crippen LogP contribution in [0.5, 0.6) is 0 Å². The minimum Gasteiger partial charge on any atom is -0.548 e. The van der Waals surface area contributed by atoms with Crippen LogP contribution in [0.3, 0.4) is 0 Å². The first-order chi connectivity index (χ1) is 9.62. The molecular weight excluding hydrogens is 289 g/mol. The molecule has 0 aliphatic carbocycles. The Kier molecular flexibility index (Phi) is 5.17. The number of alkyl halides is 3. The number of urea groups is 1. The number of halogens is 3. The number of carbonyl (C=O) groups is 2. The van der Waals surface area contributed by atoms with Gasteiger partial charge in [-0.2, -0.15) is 13.2 Å². The number of para-hydroxylation sites is 1. The molecule has 0 radical (unpaired) electrons. The predicted molar refractivity (Wildman–Crippen MR) is 67.2 cm³/mol. The van der Waals surface area contributed by atoms with Gasteiger partial charge in [0.25, 0.3) is 0 Å². The summed E-state index contributed by atoms with van der Waals surface area (Å²) >= 11 is 0. The van der Waals surface area contributed by atoms with Crippen molar-refractivity contribution in [2.75, 3.05) is 5.32 Å². The average molecular weight is 303 g/mol. The van der Waals surface area contributed by atoms with Gasteiger partial charge in [0.15, 0.2) is 0 Å². The van der Waals surface area contributed by atoms with Crippen molar-refractivity contribution in [2.24, 2.45) is 5.92 Å². The van der Waals surface area contributed by atoms with Crippen molar-refractivity contribution in [2.45, 2.75) is 26.1 Å². The number of rotatable bonds is 4. The van der Waals surface area contributed by atoms with Crippen LogP contribution in [0.25, 0.3) is 0 Å². The Balaban J connectivity index is 2.87. The van der Waals surface area contributed by atoms with E-state index in [1.807, 2.05) is 5.32 Å². The van der Waals surface area contributed by atoms with E-state index in [-0.39, 0.29) is 0 Å². The third-order valence-electron chi connectivity index (χ3n) is 2.69. The maximum atomic E-state index is 12.7. The van der Waals surface area contributed by atoms with Crippen LogP contribution in [-0.4, -0.2) is 18.0 Å². The van der Waals surface area contributed by atoms with Gasteiger partial charge in [-0.1, -0.05) is 26.0 Å². The number of nitrogens with one attached hydrogen (secondary N) is 2. The maximum absolute atomic E-state index is 12.7. The Morgan fingerprint density at radius 3 is 2.24 bits per heavy atom. The lowest BCUT2D eigenvalue weighted by molar-refractivity contribution is -0.309. The Bertz CT molecular complexity index is 530. The van der Waals surface area contributed by atoms with Gasteiger partial charge >= 0.3 is 12.2 Å². The van der Waals surface area contributed by atoms with E-state index in [9.17, 15) is 27.9 Å². The zero-order valence-electron chi connectivity index (χ0n) is 11.3. The van der Waals surface area contributed by atoms with E-state index in [1.165, 1.54) is 26.0 Å². The summed E-state index contributed by atoms with van der Waals surface area (Å²) in [7, 11) is 0. The molecule has 0 unspecified atom stereocenters. The van der Waals surface area contributed by atoms with E-state index >= 15 is 0 Å². The molecule has 0 saturated carbocycles. The molecule has 0 aromatic heterocycles. The van der Waals surface area contributed by atoms with Gasteiger partial charge in [0, 0.05) is 0 Å². The van der Waals surface area contributed by atoms with Gasteiger partial charge in [-0.05, 0) is 18.1 Å². The maximum Gasteiger partial charge on any atom is 0.418 e. The second-order valence-electron chi connectivity index (χ2n) is 4.68. The Morgan fingerprint density at radius 1 is 1.19 bits per heavy atom. The summed E-state index contributed by atoms with van der Waals surface area (Å²) in [6.45, 7) is 3.06. The highest BCUT2D eigenvalue weighted by molar-refractivity contribution is 5.92. The summed E-state index contributed by atoms with van der Waals surface area (Å²) in [5.41, 5.74) is -1.47. The number of anilines is 1. The number of carbonyl (C=O) groups excluding carboxylic acids is 2. The topological polar surface area (TPSA) is 81.3 Å². The lowest BCUT2D eigenvalue weighted by Gasteiger charge is -2.23. The normalized spacial score (nSPS) is 12.9. The van der Waals surface area contributed by atoms with Gasteiger partial charge in [0.1, 0.15) is 0 Å². The molecule has 0 aliphatic heterocycles. The number of benzene rings is 1. The summed E-state index contributed by atoms with van der Waals surface area (Å²) in [6, 6.07) is 2.05. The smallest absolute Gasteiger partial charge is 0.418 e. The van der Waals surface area contributed by atoms with E-state index in [1.54, 1.807) is 0 Å². The van der Waals surface area contributed by atoms with Crippen molar-refractivity contribution in [1.29, 1.82) is 0 Å². The molecule has 5 nitrogen and oxygen atoms in total. The molecular formula is C13H14F3N2O3-. The zero-order valence-corrected chi connectivity index (χ0v) is 11.3. The predicted octanol–water partition coefficient (Wildman–Crippen LogP) is 1.60. The first-order valence-electron chi connectivity index (χ1n) is 6.07. The second-order valence-corrected chi connectivity index (χ2v) is 4.68. The number of carboxylic acid groups (broad SMARTS) is 1. The van der Waals surface area contributed by atoms with Gasteiger partial charge in [-0.15, -0.1) is 0 Å². The van der Waals surface area contributed by atoms with Crippen LogP contribution in [0.2, 0.25) is 0 Å². The van der Waals surface area contributed by atoms with Crippen molar-refractivity contribution >= 4 is 17.7 Å². The van der Waals surface area contributed by atoms with Crippen LogP contribution in [0.1, 0.15) is 19.4 Å². The second kappa shape index (κ2) is 6.47. The van der Waals surface area contributed by atoms with Gasteiger partial charge < -0.3 is 20.5 Å². The molecule has 1 aromatic carbocycles. The number of aliphatic carboxylic acids is 1. The van der Waals surface area contributed by atoms with Crippen LogP contribution in [0.15, 0.2) is 24.3 Å². The Hall–Kier alpha value is -2.25. The quantitative estimate of drug-likeness (QED) is 0.886. The van der Waals surface area contributed by atoms with Crippen molar-refractivity contribution in [3.05, 3.63) is 29.8 Å². The average Bonchev–Trinajstić information content (AvgIpc) is 2.34. The number of amides is 2. The molecule has 0 aliphatic rings. The Labute approximate surface area is 119 Å². The van der Waals surface area contributed by atoms with Crippen LogP contribution in [0.4, 0.5) is 23.7 Å².